The molecule has 5 heteroatoms. The molecule has 2 unspecified atom stereocenters. The van der Waals surface area contributed by atoms with E-state index in [-0.39, 0.29) is 9.76 Å². The maximum Gasteiger partial charge on any atom is 0.381 e. The SMILES string of the molecule is C#CC(C)(CC(C)C)O[Si]C[Si](O)OC(C)(C#C)CC(C)C. The minimum atomic E-state index is -1.99. The fourth-order valence-corrected chi connectivity index (χ4v) is 4.57. The van der Waals surface area contributed by atoms with Gasteiger partial charge in [-0.15, -0.1) is 12.8 Å². The molecule has 0 fully saturated rings. The summed E-state index contributed by atoms with van der Waals surface area (Å²) in [4.78, 5) is 10.1. The van der Waals surface area contributed by atoms with E-state index in [1.165, 1.54) is 0 Å². The summed E-state index contributed by atoms with van der Waals surface area (Å²) in [5, 5.41) is 0. The first-order chi connectivity index (χ1) is 10.1. The molecule has 0 aromatic carbocycles. The zero-order valence-corrected chi connectivity index (χ0v) is 16.7. The van der Waals surface area contributed by atoms with Crippen LogP contribution in [0.25, 0.3) is 0 Å². The molecule has 0 aliphatic carbocycles. The van der Waals surface area contributed by atoms with Crippen LogP contribution in [0, 0.1) is 36.5 Å². The van der Waals surface area contributed by atoms with Crippen molar-refractivity contribution in [3.05, 3.63) is 0 Å². The summed E-state index contributed by atoms with van der Waals surface area (Å²) in [6, 6.07) is 0. The Labute approximate surface area is 141 Å². The molecule has 123 valence electrons. The predicted molar refractivity (Wildman–Crippen MR) is 94.1 cm³/mol. The van der Waals surface area contributed by atoms with Crippen molar-refractivity contribution in [3.63, 3.8) is 0 Å². The van der Waals surface area contributed by atoms with E-state index in [0.29, 0.717) is 17.5 Å². The van der Waals surface area contributed by atoms with Gasteiger partial charge in [0.15, 0.2) is 0 Å². The van der Waals surface area contributed by atoms with E-state index in [4.69, 9.17) is 21.7 Å². The standard InChI is InChI=1S/C17H29O3Si2/c1-9-16(7,11-14(3)4)19-21-13-22(18)20-17(8,10-2)12-15(5)6/h1-2,14-15,18H,11-13H2,3-8H3. The summed E-state index contributed by atoms with van der Waals surface area (Å²) < 4.78 is 11.5. The van der Waals surface area contributed by atoms with Crippen LogP contribution in [0.1, 0.15) is 54.4 Å². The monoisotopic (exact) mass is 337 g/mol. The first-order valence-corrected chi connectivity index (χ1v) is 10.3. The minimum absolute atomic E-state index is 0.113. The third-order valence-electron chi connectivity index (χ3n) is 3.07. The average molecular weight is 338 g/mol. The van der Waals surface area contributed by atoms with Gasteiger partial charge in [0.05, 0.1) is 0 Å². The van der Waals surface area contributed by atoms with Crippen molar-refractivity contribution < 1.29 is 13.6 Å². The highest BCUT2D eigenvalue weighted by atomic mass is 28.3. The molecule has 0 aromatic rings. The van der Waals surface area contributed by atoms with Crippen LogP contribution < -0.4 is 0 Å². The highest BCUT2D eigenvalue weighted by molar-refractivity contribution is 6.57. The van der Waals surface area contributed by atoms with E-state index in [1.54, 1.807) is 0 Å². The minimum Gasteiger partial charge on any atom is -0.410 e. The third-order valence-corrected chi connectivity index (χ3v) is 6.14. The molecule has 0 saturated carbocycles. The van der Waals surface area contributed by atoms with Crippen LogP contribution in [-0.2, 0) is 8.85 Å². The van der Waals surface area contributed by atoms with Crippen LogP contribution in [-0.4, -0.2) is 35.0 Å². The normalized spacial score (nSPS) is 17.1. The quantitative estimate of drug-likeness (QED) is 0.492. The van der Waals surface area contributed by atoms with E-state index in [9.17, 15) is 4.80 Å². The molecule has 3 nitrogen and oxygen atoms in total. The molecule has 0 rings (SSSR count). The second-order valence-electron chi connectivity index (χ2n) is 6.87. The molecule has 0 bridgehead atoms. The van der Waals surface area contributed by atoms with Gasteiger partial charge in [-0.3, -0.25) is 0 Å². The summed E-state index contributed by atoms with van der Waals surface area (Å²) in [7, 11) is -1.87. The molecular weight excluding hydrogens is 308 g/mol. The van der Waals surface area contributed by atoms with Gasteiger partial charge in [0, 0.05) is 5.67 Å². The zero-order chi connectivity index (χ0) is 17.4. The molecule has 0 aromatic heterocycles. The van der Waals surface area contributed by atoms with Crippen molar-refractivity contribution in [3.8, 4) is 24.7 Å². The molecule has 2 atom stereocenters. The largest absolute Gasteiger partial charge is 0.410 e. The average Bonchev–Trinajstić information content (AvgIpc) is 2.36. The lowest BCUT2D eigenvalue weighted by molar-refractivity contribution is 0.0974. The summed E-state index contributed by atoms with van der Waals surface area (Å²) in [5.74, 6) is 6.23. The van der Waals surface area contributed by atoms with Gasteiger partial charge in [-0.25, -0.2) is 0 Å². The highest BCUT2D eigenvalue weighted by Gasteiger charge is 2.30. The molecule has 0 amide bonds. The van der Waals surface area contributed by atoms with Gasteiger partial charge in [0.25, 0.3) is 0 Å². The Morgan fingerprint density at radius 1 is 1.05 bits per heavy atom. The molecule has 3 radical (unpaired) electrons. The number of hydrogen-bond donors (Lipinski definition) is 1. The summed E-state index contributed by atoms with van der Waals surface area (Å²) in [6.07, 6.45) is 12.6. The lowest BCUT2D eigenvalue weighted by atomic mass is 9.95. The molecule has 1 N–H and O–H groups in total. The van der Waals surface area contributed by atoms with Gasteiger partial charge < -0.3 is 13.6 Å². The van der Waals surface area contributed by atoms with E-state index >= 15 is 0 Å². The molecule has 0 saturated heterocycles. The van der Waals surface area contributed by atoms with Crippen molar-refractivity contribution >= 4 is 19.0 Å². The van der Waals surface area contributed by atoms with Crippen LogP contribution in [0.4, 0.5) is 0 Å². The Balaban J connectivity index is 4.37. The molecular formula is C17H29O3Si2. The second kappa shape index (κ2) is 9.55. The molecule has 0 spiro atoms. The summed E-state index contributed by atoms with van der Waals surface area (Å²) in [6.45, 7) is 12.1. The Morgan fingerprint density at radius 3 is 1.91 bits per heavy atom. The Morgan fingerprint density at radius 2 is 1.50 bits per heavy atom. The van der Waals surface area contributed by atoms with Crippen LogP contribution in [0.2, 0.25) is 5.67 Å². The fraction of sp³-hybridized carbons (Fsp3) is 0.765. The fourth-order valence-electron chi connectivity index (χ4n) is 2.37. The predicted octanol–water partition coefficient (Wildman–Crippen LogP) is 2.95. The summed E-state index contributed by atoms with van der Waals surface area (Å²) >= 11 is 0. The lowest BCUT2D eigenvalue weighted by Gasteiger charge is -2.29. The van der Waals surface area contributed by atoms with Crippen molar-refractivity contribution in [1.82, 2.24) is 0 Å². The number of hydrogen-bond acceptors (Lipinski definition) is 3. The Hall–Kier alpha value is -0.566. The maximum atomic E-state index is 10.1. The van der Waals surface area contributed by atoms with Crippen molar-refractivity contribution in [1.29, 1.82) is 0 Å². The molecule has 0 aliphatic rings. The van der Waals surface area contributed by atoms with Gasteiger partial charge in [-0.2, -0.15) is 0 Å². The van der Waals surface area contributed by atoms with E-state index in [0.717, 1.165) is 12.8 Å². The second-order valence-corrected chi connectivity index (χ2v) is 9.76. The van der Waals surface area contributed by atoms with Gasteiger partial charge >= 0.3 is 9.28 Å². The Bertz CT molecular complexity index is 411. The van der Waals surface area contributed by atoms with Crippen molar-refractivity contribution in [2.45, 2.75) is 71.3 Å². The zero-order valence-electron chi connectivity index (χ0n) is 14.7. The maximum absolute atomic E-state index is 10.1. The third kappa shape index (κ3) is 8.77. The van der Waals surface area contributed by atoms with Crippen LogP contribution in [0.5, 0.6) is 0 Å². The van der Waals surface area contributed by atoms with Gasteiger partial charge in [-0.1, -0.05) is 39.5 Å². The number of rotatable bonds is 10. The van der Waals surface area contributed by atoms with Gasteiger partial charge in [0.1, 0.15) is 11.2 Å². The van der Waals surface area contributed by atoms with Crippen LogP contribution in [0.3, 0.4) is 0 Å². The van der Waals surface area contributed by atoms with Gasteiger partial charge in [0.2, 0.25) is 9.76 Å². The molecule has 0 aliphatic heterocycles. The van der Waals surface area contributed by atoms with E-state index in [1.807, 2.05) is 13.8 Å². The van der Waals surface area contributed by atoms with E-state index in [2.05, 4.69) is 39.5 Å². The summed E-state index contributed by atoms with van der Waals surface area (Å²) in [5.41, 5.74) is -0.827. The highest BCUT2D eigenvalue weighted by Crippen LogP contribution is 2.22. The Kier molecular flexibility index (Phi) is 9.30. The molecule has 0 heterocycles. The first kappa shape index (κ1) is 21.4. The van der Waals surface area contributed by atoms with Crippen LogP contribution >= 0.6 is 0 Å². The first-order valence-electron chi connectivity index (χ1n) is 7.66. The van der Waals surface area contributed by atoms with Gasteiger partial charge in [-0.05, 0) is 38.5 Å². The van der Waals surface area contributed by atoms with Crippen LogP contribution in [0.15, 0.2) is 0 Å². The lowest BCUT2D eigenvalue weighted by Crippen LogP contribution is -2.38. The van der Waals surface area contributed by atoms with Crippen molar-refractivity contribution in [2.75, 3.05) is 0 Å². The number of terminal acetylenes is 2. The topological polar surface area (TPSA) is 38.7 Å². The smallest absolute Gasteiger partial charge is 0.381 e. The van der Waals surface area contributed by atoms with E-state index < -0.39 is 20.5 Å². The van der Waals surface area contributed by atoms with Crippen molar-refractivity contribution in [2.24, 2.45) is 11.8 Å². The molecule has 22 heavy (non-hydrogen) atoms.